The molecule has 5 nitrogen and oxygen atoms in total. The number of fused-ring (bicyclic) bond motifs is 4. The van der Waals surface area contributed by atoms with Gasteiger partial charge >= 0.3 is 0 Å². The topological polar surface area (TPSA) is 51.9 Å². The van der Waals surface area contributed by atoms with Crippen molar-refractivity contribution >= 4 is 17.1 Å². The number of rotatable bonds is 2. The molecule has 4 rings (SSSR count). The number of allylic oxidation sites excluding steroid dienone is 4. The molecule has 1 aliphatic heterocycles. The largest absolute Gasteiger partial charge is 0.493 e. The quantitative estimate of drug-likeness (QED) is 0.810. The molecule has 0 spiro atoms. The average Bonchev–Trinajstić information content (AvgIpc) is 3.11. The molecule has 5 heteroatoms. The lowest BCUT2D eigenvalue weighted by Gasteiger charge is -2.27. The van der Waals surface area contributed by atoms with Gasteiger partial charge in [0.15, 0.2) is 11.5 Å². The second-order valence-electron chi connectivity index (χ2n) is 6.61. The molecule has 26 heavy (non-hydrogen) atoms. The highest BCUT2D eigenvalue weighted by Gasteiger charge is 2.42. The van der Waals surface area contributed by atoms with Crippen molar-refractivity contribution in [1.29, 1.82) is 0 Å². The van der Waals surface area contributed by atoms with Crippen LogP contribution >= 0.6 is 0 Å². The van der Waals surface area contributed by atoms with Crippen LogP contribution in [0.1, 0.15) is 30.9 Å². The third-order valence-electron chi connectivity index (χ3n) is 5.02. The highest BCUT2D eigenvalue weighted by Crippen LogP contribution is 2.48. The monoisotopic (exact) mass is 351 g/mol. The van der Waals surface area contributed by atoms with Crippen LogP contribution in [-0.4, -0.2) is 31.1 Å². The maximum atomic E-state index is 12.5. The molecule has 0 N–H and O–H groups in total. The van der Waals surface area contributed by atoms with Gasteiger partial charge in [-0.2, -0.15) is 0 Å². The van der Waals surface area contributed by atoms with Crippen molar-refractivity contribution < 1.29 is 18.7 Å². The standard InChI is InChI=1S/C21H21NO4/c1-11-6-7-16-20(21-14(11)8-12(2)26-21)15-9-18(24-4)19(25-5)10-17(15)22(16)13(3)23/h6-10,17H,1-5H3. The number of carbonyl (C=O) groups is 1. The molecule has 0 radical (unpaired) electrons. The van der Waals surface area contributed by atoms with E-state index in [1.165, 1.54) is 0 Å². The summed E-state index contributed by atoms with van der Waals surface area (Å²) in [4.78, 5) is 14.3. The normalized spacial score (nSPS) is 21.0. The first-order valence-electron chi connectivity index (χ1n) is 8.52. The van der Waals surface area contributed by atoms with E-state index >= 15 is 0 Å². The van der Waals surface area contributed by atoms with E-state index in [-0.39, 0.29) is 11.9 Å². The van der Waals surface area contributed by atoms with Crippen molar-refractivity contribution in [2.24, 2.45) is 0 Å². The molecule has 1 aromatic heterocycles. The zero-order valence-electron chi connectivity index (χ0n) is 15.5. The first-order valence-corrected chi connectivity index (χ1v) is 8.52. The average molecular weight is 351 g/mol. The summed E-state index contributed by atoms with van der Waals surface area (Å²) in [5.41, 5.74) is 4.90. The molecule has 1 unspecified atom stereocenters. The molecule has 1 atom stereocenters. The van der Waals surface area contributed by atoms with Gasteiger partial charge in [-0.05, 0) is 49.3 Å². The third kappa shape index (κ3) is 2.20. The van der Waals surface area contributed by atoms with Crippen molar-refractivity contribution in [3.8, 4) is 0 Å². The van der Waals surface area contributed by atoms with E-state index in [4.69, 9.17) is 13.9 Å². The Bertz CT molecular complexity index is 968. The van der Waals surface area contributed by atoms with Crippen molar-refractivity contribution in [2.45, 2.75) is 26.8 Å². The van der Waals surface area contributed by atoms with Gasteiger partial charge in [-0.15, -0.1) is 0 Å². The summed E-state index contributed by atoms with van der Waals surface area (Å²) >= 11 is 0. The minimum absolute atomic E-state index is 0.0347. The van der Waals surface area contributed by atoms with Crippen LogP contribution in [0, 0.1) is 6.92 Å². The number of aryl methyl sites for hydroxylation is 1. The molecule has 1 aromatic rings. The number of furan rings is 1. The summed E-state index contributed by atoms with van der Waals surface area (Å²) in [5, 5.41) is 0. The SMILES string of the molecule is COC1=CC2=C3C(=CC=C(C)c4cc(C)oc43)N(C(C)=O)C2C=C1OC. The first kappa shape index (κ1) is 16.5. The van der Waals surface area contributed by atoms with Crippen LogP contribution in [-0.2, 0) is 14.3 Å². The third-order valence-corrected chi connectivity index (χ3v) is 5.02. The molecule has 0 saturated carbocycles. The maximum Gasteiger partial charge on any atom is 0.224 e. The number of hydrogen-bond donors (Lipinski definition) is 0. The van der Waals surface area contributed by atoms with Crippen molar-refractivity contribution in [3.63, 3.8) is 0 Å². The Hall–Kier alpha value is -2.95. The molecule has 2 aliphatic carbocycles. The predicted octanol–water partition coefficient (Wildman–Crippen LogP) is 3.95. The molecule has 1 amide bonds. The van der Waals surface area contributed by atoms with E-state index in [1.807, 2.05) is 44.2 Å². The van der Waals surface area contributed by atoms with E-state index in [0.717, 1.165) is 39.5 Å². The van der Waals surface area contributed by atoms with Crippen LogP contribution in [0.4, 0.5) is 0 Å². The van der Waals surface area contributed by atoms with Crippen molar-refractivity contribution in [3.05, 3.63) is 70.2 Å². The Balaban J connectivity index is 2.03. The highest BCUT2D eigenvalue weighted by molar-refractivity contribution is 5.97. The van der Waals surface area contributed by atoms with E-state index in [1.54, 1.807) is 26.0 Å². The number of amides is 1. The van der Waals surface area contributed by atoms with Gasteiger partial charge in [-0.25, -0.2) is 0 Å². The lowest BCUT2D eigenvalue weighted by molar-refractivity contribution is -0.127. The van der Waals surface area contributed by atoms with Crippen LogP contribution in [0.25, 0.3) is 11.1 Å². The van der Waals surface area contributed by atoms with E-state index in [2.05, 4.69) is 0 Å². The second kappa shape index (κ2) is 5.80. The highest BCUT2D eigenvalue weighted by atomic mass is 16.5. The zero-order chi connectivity index (χ0) is 18.6. The van der Waals surface area contributed by atoms with Gasteiger partial charge in [-0.1, -0.05) is 6.08 Å². The summed E-state index contributed by atoms with van der Waals surface area (Å²) in [6.07, 6.45) is 7.89. The number of hydrogen-bond acceptors (Lipinski definition) is 4. The maximum absolute atomic E-state index is 12.5. The molecule has 3 aliphatic rings. The number of nitrogens with zero attached hydrogens (tertiary/aromatic N) is 1. The fourth-order valence-electron chi connectivity index (χ4n) is 3.86. The first-order chi connectivity index (χ1) is 12.5. The van der Waals surface area contributed by atoms with Gasteiger partial charge in [0, 0.05) is 18.1 Å². The van der Waals surface area contributed by atoms with Crippen molar-refractivity contribution in [2.75, 3.05) is 14.2 Å². The van der Waals surface area contributed by atoms with E-state index in [0.29, 0.717) is 11.5 Å². The van der Waals surface area contributed by atoms with Crippen LogP contribution < -0.4 is 0 Å². The Morgan fingerprint density at radius 2 is 1.88 bits per heavy atom. The van der Waals surface area contributed by atoms with E-state index in [9.17, 15) is 4.79 Å². The summed E-state index contributed by atoms with van der Waals surface area (Å²) in [6, 6.07) is 1.80. The molecule has 0 aromatic carbocycles. The summed E-state index contributed by atoms with van der Waals surface area (Å²) in [7, 11) is 3.21. The molecule has 0 saturated heterocycles. The molecule has 2 heterocycles. The fraction of sp³-hybridized carbons (Fsp3) is 0.286. The summed E-state index contributed by atoms with van der Waals surface area (Å²) in [5.74, 6) is 2.86. The van der Waals surface area contributed by atoms with Crippen molar-refractivity contribution in [1.82, 2.24) is 4.90 Å². The van der Waals surface area contributed by atoms with Crippen LogP contribution in [0.3, 0.4) is 0 Å². The fourth-order valence-corrected chi connectivity index (χ4v) is 3.86. The molecule has 134 valence electrons. The smallest absolute Gasteiger partial charge is 0.224 e. The van der Waals surface area contributed by atoms with Gasteiger partial charge in [0.2, 0.25) is 5.91 Å². The minimum atomic E-state index is -0.243. The van der Waals surface area contributed by atoms with Gasteiger partial charge in [0.05, 0.1) is 26.0 Å². The minimum Gasteiger partial charge on any atom is -0.493 e. The van der Waals surface area contributed by atoms with Crippen LogP contribution in [0.2, 0.25) is 0 Å². The second-order valence-corrected chi connectivity index (χ2v) is 6.61. The molecular formula is C21H21NO4. The summed E-state index contributed by atoms with van der Waals surface area (Å²) < 4.78 is 17.0. The lowest BCUT2D eigenvalue weighted by atomic mass is 9.95. The zero-order valence-corrected chi connectivity index (χ0v) is 15.5. The summed E-state index contributed by atoms with van der Waals surface area (Å²) in [6.45, 7) is 5.56. The molecule has 0 fully saturated rings. The number of carbonyl (C=O) groups excluding carboxylic acids is 1. The van der Waals surface area contributed by atoms with Gasteiger partial charge in [0.25, 0.3) is 0 Å². The van der Waals surface area contributed by atoms with Gasteiger partial charge in [0.1, 0.15) is 11.5 Å². The molecular weight excluding hydrogens is 330 g/mol. The Labute approximate surface area is 152 Å². The van der Waals surface area contributed by atoms with Gasteiger partial charge < -0.3 is 18.8 Å². The number of methoxy groups -OCH3 is 2. The van der Waals surface area contributed by atoms with Gasteiger partial charge in [-0.3, -0.25) is 4.79 Å². The van der Waals surface area contributed by atoms with Crippen LogP contribution in [0.15, 0.2) is 57.6 Å². The Morgan fingerprint density at radius 3 is 2.54 bits per heavy atom. The van der Waals surface area contributed by atoms with E-state index < -0.39 is 0 Å². The predicted molar refractivity (Wildman–Crippen MR) is 98.6 cm³/mol. The number of ether oxygens (including phenoxy) is 2. The Morgan fingerprint density at radius 1 is 1.15 bits per heavy atom. The Kier molecular flexibility index (Phi) is 3.68. The lowest BCUT2D eigenvalue weighted by Crippen LogP contribution is -2.34. The molecule has 0 bridgehead atoms. The van der Waals surface area contributed by atoms with Crippen LogP contribution in [0.5, 0.6) is 0 Å².